The lowest BCUT2D eigenvalue weighted by atomic mass is 9.98. The average Bonchev–Trinajstić information content (AvgIpc) is 2.86. The van der Waals surface area contributed by atoms with E-state index in [1.807, 2.05) is 30.1 Å². The molecule has 0 spiro atoms. The standard InChI is InChI=1S/C17H23BrN2OS/c1-20(14-10-12-6-7-13(11-14)19-12)17(21)8-9-22-16-5-3-2-4-15(16)18/h2-5,12-14,19H,6-11H2,1H3. The van der Waals surface area contributed by atoms with Crippen molar-refractivity contribution in [1.82, 2.24) is 10.2 Å². The summed E-state index contributed by atoms with van der Waals surface area (Å²) < 4.78 is 1.11. The molecule has 0 aromatic heterocycles. The van der Waals surface area contributed by atoms with Gasteiger partial charge in [-0.2, -0.15) is 0 Å². The number of rotatable bonds is 5. The van der Waals surface area contributed by atoms with Crippen LogP contribution in [0.3, 0.4) is 0 Å². The summed E-state index contributed by atoms with van der Waals surface area (Å²) in [5.41, 5.74) is 0. The summed E-state index contributed by atoms with van der Waals surface area (Å²) in [5.74, 6) is 1.12. The number of carbonyl (C=O) groups excluding carboxylic acids is 1. The average molecular weight is 383 g/mol. The fourth-order valence-corrected chi connectivity index (χ4v) is 5.04. The summed E-state index contributed by atoms with van der Waals surface area (Å²) in [6.45, 7) is 0. The van der Waals surface area contributed by atoms with Gasteiger partial charge in [0.05, 0.1) is 0 Å². The van der Waals surface area contributed by atoms with Crippen molar-refractivity contribution in [3.63, 3.8) is 0 Å². The van der Waals surface area contributed by atoms with Gasteiger partial charge in [-0.1, -0.05) is 12.1 Å². The van der Waals surface area contributed by atoms with E-state index in [1.165, 1.54) is 17.7 Å². The molecule has 2 aliphatic heterocycles. The molecule has 1 N–H and O–H groups in total. The lowest BCUT2D eigenvalue weighted by molar-refractivity contribution is -0.132. The van der Waals surface area contributed by atoms with Crippen molar-refractivity contribution < 1.29 is 4.79 Å². The Balaban J connectivity index is 1.46. The lowest BCUT2D eigenvalue weighted by Crippen LogP contribution is -2.48. The van der Waals surface area contributed by atoms with E-state index in [2.05, 4.69) is 27.3 Å². The highest BCUT2D eigenvalue weighted by atomic mass is 79.9. The van der Waals surface area contributed by atoms with Crippen molar-refractivity contribution in [3.8, 4) is 0 Å². The zero-order chi connectivity index (χ0) is 15.5. The second-order valence-electron chi connectivity index (χ2n) is 6.30. The molecule has 0 aliphatic carbocycles. The van der Waals surface area contributed by atoms with E-state index >= 15 is 0 Å². The molecule has 1 aromatic carbocycles. The number of thioether (sulfide) groups is 1. The summed E-state index contributed by atoms with van der Waals surface area (Å²) in [6.07, 6.45) is 5.41. The van der Waals surface area contributed by atoms with Gasteiger partial charge in [0.25, 0.3) is 0 Å². The van der Waals surface area contributed by atoms with E-state index in [0.717, 1.165) is 23.1 Å². The lowest BCUT2D eigenvalue weighted by Gasteiger charge is -2.35. The Kier molecular flexibility index (Phi) is 5.47. The molecule has 0 saturated carbocycles. The molecule has 2 saturated heterocycles. The summed E-state index contributed by atoms with van der Waals surface area (Å²) in [6, 6.07) is 9.88. The minimum Gasteiger partial charge on any atom is -0.343 e. The van der Waals surface area contributed by atoms with Crippen molar-refractivity contribution in [3.05, 3.63) is 28.7 Å². The highest BCUT2D eigenvalue weighted by Crippen LogP contribution is 2.30. The molecule has 0 radical (unpaired) electrons. The molecular formula is C17H23BrN2OS. The largest absolute Gasteiger partial charge is 0.343 e. The molecule has 2 fully saturated rings. The monoisotopic (exact) mass is 382 g/mol. The van der Waals surface area contributed by atoms with Crippen molar-refractivity contribution in [2.45, 2.75) is 55.1 Å². The van der Waals surface area contributed by atoms with E-state index < -0.39 is 0 Å². The van der Waals surface area contributed by atoms with Gasteiger partial charge in [-0.15, -0.1) is 11.8 Å². The normalized spacial score (nSPS) is 26.9. The molecule has 1 amide bonds. The van der Waals surface area contributed by atoms with Crippen molar-refractivity contribution in [2.75, 3.05) is 12.8 Å². The van der Waals surface area contributed by atoms with Crippen LogP contribution >= 0.6 is 27.7 Å². The molecule has 2 bridgehead atoms. The van der Waals surface area contributed by atoms with Gasteiger partial charge in [0, 0.05) is 46.7 Å². The van der Waals surface area contributed by atoms with Crippen molar-refractivity contribution in [1.29, 1.82) is 0 Å². The number of fused-ring (bicyclic) bond motifs is 2. The number of halogens is 1. The van der Waals surface area contributed by atoms with Crippen molar-refractivity contribution in [2.24, 2.45) is 0 Å². The van der Waals surface area contributed by atoms with Crippen LogP contribution in [-0.4, -0.2) is 41.7 Å². The van der Waals surface area contributed by atoms with Crippen LogP contribution in [0.5, 0.6) is 0 Å². The molecular weight excluding hydrogens is 360 g/mol. The number of nitrogens with one attached hydrogen (secondary N) is 1. The number of carbonyl (C=O) groups is 1. The van der Waals surface area contributed by atoms with Gasteiger partial charge in [-0.25, -0.2) is 0 Å². The second-order valence-corrected chi connectivity index (χ2v) is 8.29. The van der Waals surface area contributed by atoms with Gasteiger partial charge in [0.15, 0.2) is 0 Å². The number of piperidine rings is 1. The van der Waals surface area contributed by atoms with E-state index in [4.69, 9.17) is 0 Å². The van der Waals surface area contributed by atoms with Crippen LogP contribution < -0.4 is 5.32 Å². The maximum Gasteiger partial charge on any atom is 0.223 e. The fourth-order valence-electron chi connectivity index (χ4n) is 3.53. The Morgan fingerprint density at radius 3 is 2.68 bits per heavy atom. The van der Waals surface area contributed by atoms with E-state index in [-0.39, 0.29) is 5.91 Å². The van der Waals surface area contributed by atoms with Gasteiger partial charge < -0.3 is 10.2 Å². The Morgan fingerprint density at radius 2 is 2.00 bits per heavy atom. The summed E-state index contributed by atoms with van der Waals surface area (Å²) in [7, 11) is 1.99. The number of amides is 1. The predicted octanol–water partition coefficient (Wildman–Crippen LogP) is 3.67. The number of hydrogen-bond acceptors (Lipinski definition) is 3. The van der Waals surface area contributed by atoms with Gasteiger partial charge in [-0.05, 0) is 53.7 Å². The van der Waals surface area contributed by atoms with E-state index in [1.54, 1.807) is 11.8 Å². The Hall–Kier alpha value is -0.520. The van der Waals surface area contributed by atoms with Crippen molar-refractivity contribution >= 4 is 33.6 Å². The molecule has 2 heterocycles. The minimum absolute atomic E-state index is 0.283. The summed E-state index contributed by atoms with van der Waals surface area (Å²) >= 11 is 5.30. The molecule has 2 atom stereocenters. The topological polar surface area (TPSA) is 32.3 Å². The Labute approximate surface area is 145 Å². The second kappa shape index (κ2) is 7.37. The van der Waals surface area contributed by atoms with E-state index in [9.17, 15) is 4.79 Å². The molecule has 5 heteroatoms. The third-order valence-electron chi connectivity index (χ3n) is 4.80. The van der Waals surface area contributed by atoms with Gasteiger partial charge in [-0.3, -0.25) is 4.79 Å². The first kappa shape index (κ1) is 16.3. The molecule has 22 heavy (non-hydrogen) atoms. The molecule has 3 nitrogen and oxygen atoms in total. The molecule has 2 unspecified atom stereocenters. The molecule has 1 aromatic rings. The zero-order valence-corrected chi connectivity index (χ0v) is 15.3. The van der Waals surface area contributed by atoms with Crippen LogP contribution in [0.4, 0.5) is 0 Å². The highest BCUT2D eigenvalue weighted by molar-refractivity contribution is 9.10. The maximum absolute atomic E-state index is 12.4. The third-order valence-corrected chi connectivity index (χ3v) is 6.83. The summed E-state index contributed by atoms with van der Waals surface area (Å²) in [4.78, 5) is 15.6. The fraction of sp³-hybridized carbons (Fsp3) is 0.588. The molecule has 2 aliphatic rings. The minimum atomic E-state index is 0.283. The van der Waals surface area contributed by atoms with E-state index in [0.29, 0.717) is 24.5 Å². The van der Waals surface area contributed by atoms with Gasteiger partial charge in [0.2, 0.25) is 5.91 Å². The zero-order valence-electron chi connectivity index (χ0n) is 12.9. The van der Waals surface area contributed by atoms with Crippen LogP contribution in [-0.2, 0) is 4.79 Å². The highest BCUT2D eigenvalue weighted by Gasteiger charge is 2.36. The SMILES string of the molecule is CN(C(=O)CCSc1ccccc1Br)C1CC2CCC(C1)N2. The number of hydrogen-bond donors (Lipinski definition) is 1. The quantitative estimate of drug-likeness (QED) is 0.788. The molecule has 3 rings (SSSR count). The Morgan fingerprint density at radius 1 is 1.32 bits per heavy atom. The third kappa shape index (κ3) is 3.87. The van der Waals surface area contributed by atoms with Crippen LogP contribution in [0.25, 0.3) is 0 Å². The first-order valence-electron chi connectivity index (χ1n) is 8.02. The summed E-state index contributed by atoms with van der Waals surface area (Å²) in [5, 5.41) is 3.64. The first-order chi connectivity index (χ1) is 10.6. The number of nitrogens with zero attached hydrogens (tertiary/aromatic N) is 1. The van der Waals surface area contributed by atoms with Crippen LogP contribution in [0.2, 0.25) is 0 Å². The number of benzene rings is 1. The molecule has 120 valence electrons. The van der Waals surface area contributed by atoms with Crippen LogP contribution in [0.15, 0.2) is 33.6 Å². The first-order valence-corrected chi connectivity index (χ1v) is 9.80. The predicted molar refractivity (Wildman–Crippen MR) is 95.2 cm³/mol. The van der Waals surface area contributed by atoms with Crippen LogP contribution in [0, 0.1) is 0 Å². The Bertz CT molecular complexity index is 527. The van der Waals surface area contributed by atoms with Gasteiger partial charge in [0.1, 0.15) is 0 Å². The van der Waals surface area contributed by atoms with Gasteiger partial charge >= 0.3 is 0 Å². The maximum atomic E-state index is 12.4. The van der Waals surface area contributed by atoms with Crippen LogP contribution in [0.1, 0.15) is 32.1 Å². The smallest absolute Gasteiger partial charge is 0.223 e.